The van der Waals surface area contributed by atoms with Gasteiger partial charge in [-0.3, -0.25) is 0 Å². The first-order valence-corrected chi connectivity index (χ1v) is 2.25. The molecule has 48 valence electrons. The van der Waals surface area contributed by atoms with E-state index in [4.69, 9.17) is 5.73 Å². The first-order chi connectivity index (χ1) is 3.66. The van der Waals surface area contributed by atoms with Gasteiger partial charge in [0.15, 0.2) is 0 Å². The monoisotopic (exact) mass is 118 g/mol. The van der Waals surface area contributed by atoms with Crippen LogP contribution in [0, 0.1) is 0 Å². The largest absolute Gasteiger partial charge is 0.362 e. The predicted octanol–water partition coefficient (Wildman–Crippen LogP) is -0.353. The number of nitrogens with one attached hydrogen (secondary N) is 1. The molecule has 0 heterocycles. The molecule has 0 aromatic carbocycles. The molecule has 4 heteroatoms. The van der Waals surface area contributed by atoms with Crippen LogP contribution in [0.1, 0.15) is 6.92 Å². The lowest BCUT2D eigenvalue weighted by atomic mass is 10.6. The minimum absolute atomic E-state index is 0.299. The van der Waals surface area contributed by atoms with Gasteiger partial charge in [-0.2, -0.15) is 0 Å². The predicted molar refractivity (Wildman–Crippen MR) is 29.2 cm³/mol. The highest BCUT2D eigenvalue weighted by Crippen LogP contribution is 1.76. The molecule has 3 N–H and O–H groups in total. The van der Waals surface area contributed by atoms with E-state index in [0.29, 0.717) is 0 Å². The fraction of sp³-hybridized carbons (Fsp3) is 0.750. The third-order valence-corrected chi connectivity index (χ3v) is 0.699. The summed E-state index contributed by atoms with van der Waals surface area (Å²) < 4.78 is 4.65. The van der Waals surface area contributed by atoms with Crippen LogP contribution in [-0.4, -0.2) is 19.4 Å². The Labute approximate surface area is 48.0 Å². The van der Waals surface area contributed by atoms with Crippen LogP contribution in [0.3, 0.4) is 0 Å². The molecule has 0 aromatic rings. The average Bonchev–Trinajstić information content (AvgIpc) is 1.65. The lowest BCUT2D eigenvalue weighted by molar-refractivity contribution is 0.0977. The van der Waals surface area contributed by atoms with E-state index >= 15 is 0 Å². The van der Waals surface area contributed by atoms with Gasteiger partial charge in [0, 0.05) is 7.11 Å². The van der Waals surface area contributed by atoms with Gasteiger partial charge in [0.1, 0.15) is 6.23 Å². The minimum Gasteiger partial charge on any atom is -0.362 e. The van der Waals surface area contributed by atoms with Crippen LogP contribution in [-0.2, 0) is 4.74 Å². The molecule has 4 nitrogen and oxygen atoms in total. The first-order valence-electron chi connectivity index (χ1n) is 2.25. The lowest BCUT2D eigenvalue weighted by Crippen LogP contribution is -2.37. The van der Waals surface area contributed by atoms with Gasteiger partial charge in [0.2, 0.25) is 0 Å². The molecule has 0 aromatic heterocycles. The Morgan fingerprint density at radius 2 is 2.38 bits per heavy atom. The number of methoxy groups -OCH3 is 1. The Bertz CT molecular complexity index is 84.1. The molecule has 2 amide bonds. The Morgan fingerprint density at radius 1 is 1.88 bits per heavy atom. The van der Waals surface area contributed by atoms with Crippen molar-refractivity contribution < 1.29 is 9.53 Å². The number of urea groups is 1. The van der Waals surface area contributed by atoms with Crippen LogP contribution in [0.5, 0.6) is 0 Å². The Hall–Kier alpha value is -0.770. The topological polar surface area (TPSA) is 64.3 Å². The third-order valence-electron chi connectivity index (χ3n) is 0.699. The van der Waals surface area contributed by atoms with Crippen molar-refractivity contribution >= 4 is 6.03 Å². The van der Waals surface area contributed by atoms with Gasteiger partial charge in [-0.25, -0.2) is 4.79 Å². The van der Waals surface area contributed by atoms with E-state index in [-0.39, 0.29) is 6.23 Å². The van der Waals surface area contributed by atoms with E-state index in [1.165, 1.54) is 7.11 Å². The second-order valence-corrected chi connectivity index (χ2v) is 1.39. The molecule has 0 aliphatic rings. The standard InChI is InChI=1S/C4H10N2O2/c1-3(8-2)6-4(5)7/h3H,1-2H3,(H3,5,6,7). The molecule has 1 unspecified atom stereocenters. The van der Waals surface area contributed by atoms with Crippen molar-refractivity contribution in [2.24, 2.45) is 5.73 Å². The second-order valence-electron chi connectivity index (χ2n) is 1.39. The van der Waals surface area contributed by atoms with Crippen molar-refractivity contribution in [3.8, 4) is 0 Å². The molecule has 0 fully saturated rings. The van der Waals surface area contributed by atoms with Crippen LogP contribution in [0.15, 0.2) is 0 Å². The molecule has 8 heavy (non-hydrogen) atoms. The summed E-state index contributed by atoms with van der Waals surface area (Å²) in [6.07, 6.45) is -0.299. The zero-order chi connectivity index (χ0) is 6.57. The summed E-state index contributed by atoms with van der Waals surface area (Å²) >= 11 is 0. The van der Waals surface area contributed by atoms with Crippen LogP contribution in [0.2, 0.25) is 0 Å². The maximum atomic E-state index is 10.00. The summed E-state index contributed by atoms with van der Waals surface area (Å²) in [5.41, 5.74) is 4.74. The van der Waals surface area contributed by atoms with Crippen molar-refractivity contribution in [1.82, 2.24) is 5.32 Å². The highest BCUT2D eigenvalue weighted by Gasteiger charge is 1.97. The van der Waals surface area contributed by atoms with Crippen LogP contribution in [0.25, 0.3) is 0 Å². The van der Waals surface area contributed by atoms with Crippen LogP contribution < -0.4 is 11.1 Å². The van der Waals surface area contributed by atoms with E-state index in [1.807, 2.05) is 0 Å². The van der Waals surface area contributed by atoms with Gasteiger partial charge >= 0.3 is 6.03 Å². The van der Waals surface area contributed by atoms with E-state index in [9.17, 15) is 4.79 Å². The van der Waals surface area contributed by atoms with Gasteiger partial charge in [-0.1, -0.05) is 0 Å². The smallest absolute Gasteiger partial charge is 0.314 e. The quantitative estimate of drug-likeness (QED) is 0.486. The molecule has 0 radical (unpaired) electrons. The summed E-state index contributed by atoms with van der Waals surface area (Å²) in [6, 6.07) is -0.570. The highest BCUT2D eigenvalue weighted by atomic mass is 16.5. The van der Waals surface area contributed by atoms with Crippen molar-refractivity contribution in [1.29, 1.82) is 0 Å². The number of carbonyl (C=O) groups is 1. The Morgan fingerprint density at radius 3 is 2.50 bits per heavy atom. The van der Waals surface area contributed by atoms with Gasteiger partial charge in [0.25, 0.3) is 0 Å². The summed E-state index contributed by atoms with van der Waals surface area (Å²) in [5.74, 6) is 0. The molecule has 0 spiro atoms. The molecule has 0 saturated heterocycles. The van der Waals surface area contributed by atoms with E-state index in [2.05, 4.69) is 10.1 Å². The van der Waals surface area contributed by atoms with Crippen molar-refractivity contribution in [3.63, 3.8) is 0 Å². The molecule has 0 aliphatic carbocycles. The molecule has 0 rings (SSSR count). The highest BCUT2D eigenvalue weighted by molar-refractivity contribution is 5.71. The minimum atomic E-state index is -0.570. The van der Waals surface area contributed by atoms with E-state index in [1.54, 1.807) is 6.92 Å². The maximum absolute atomic E-state index is 10.00. The van der Waals surface area contributed by atoms with Gasteiger partial charge in [-0.15, -0.1) is 0 Å². The summed E-state index contributed by atoms with van der Waals surface area (Å²) in [7, 11) is 1.49. The van der Waals surface area contributed by atoms with Gasteiger partial charge in [0.05, 0.1) is 0 Å². The summed E-state index contributed by atoms with van der Waals surface area (Å²) in [6.45, 7) is 1.69. The first kappa shape index (κ1) is 7.23. The maximum Gasteiger partial charge on any atom is 0.314 e. The van der Waals surface area contributed by atoms with E-state index < -0.39 is 6.03 Å². The zero-order valence-electron chi connectivity index (χ0n) is 4.97. The molecule has 0 bridgehead atoms. The van der Waals surface area contributed by atoms with Crippen molar-refractivity contribution in [3.05, 3.63) is 0 Å². The van der Waals surface area contributed by atoms with Crippen molar-refractivity contribution in [2.75, 3.05) is 7.11 Å². The number of primary amides is 1. The zero-order valence-corrected chi connectivity index (χ0v) is 4.97. The molecular formula is C4H10N2O2. The van der Waals surface area contributed by atoms with Crippen molar-refractivity contribution in [2.45, 2.75) is 13.2 Å². The van der Waals surface area contributed by atoms with Crippen LogP contribution in [0.4, 0.5) is 4.79 Å². The van der Waals surface area contributed by atoms with Gasteiger partial charge < -0.3 is 15.8 Å². The average molecular weight is 118 g/mol. The fourth-order valence-electron chi connectivity index (χ4n) is 0.259. The number of hydrogen-bond donors (Lipinski definition) is 2. The SMILES string of the molecule is COC(C)NC(N)=O. The lowest BCUT2D eigenvalue weighted by Gasteiger charge is -2.07. The number of ether oxygens (including phenoxy) is 1. The summed E-state index contributed by atoms with van der Waals surface area (Å²) in [5, 5.41) is 2.31. The Balaban J connectivity index is 3.24. The second kappa shape index (κ2) is 3.26. The number of rotatable bonds is 2. The number of amides is 2. The third kappa shape index (κ3) is 3.42. The van der Waals surface area contributed by atoms with E-state index in [0.717, 1.165) is 0 Å². The molecular weight excluding hydrogens is 108 g/mol. The van der Waals surface area contributed by atoms with Crippen LogP contribution >= 0.6 is 0 Å². The number of carbonyl (C=O) groups excluding carboxylic acids is 1. The number of hydrogen-bond acceptors (Lipinski definition) is 2. The molecule has 1 atom stereocenters. The molecule has 0 saturated carbocycles. The Kier molecular flexibility index (Phi) is 2.95. The normalized spacial score (nSPS) is 12.8. The fourth-order valence-corrected chi connectivity index (χ4v) is 0.259. The summed E-state index contributed by atoms with van der Waals surface area (Å²) in [4.78, 5) is 10.00. The van der Waals surface area contributed by atoms with Gasteiger partial charge in [-0.05, 0) is 6.92 Å². The number of nitrogens with two attached hydrogens (primary N) is 1. The molecule has 0 aliphatic heterocycles.